The summed E-state index contributed by atoms with van der Waals surface area (Å²) in [5.41, 5.74) is 5.66. The highest BCUT2D eigenvalue weighted by Gasteiger charge is 2.28. The van der Waals surface area contributed by atoms with Crippen molar-refractivity contribution in [2.24, 2.45) is 0 Å². The molecule has 0 fully saturated rings. The molecule has 1 aliphatic rings. The lowest BCUT2D eigenvalue weighted by Crippen LogP contribution is -1.95. The van der Waals surface area contributed by atoms with Crippen LogP contribution in [0.25, 0.3) is 32.9 Å². The van der Waals surface area contributed by atoms with Crippen molar-refractivity contribution in [2.45, 2.75) is 6.61 Å². The van der Waals surface area contributed by atoms with E-state index < -0.39 is 0 Å². The van der Waals surface area contributed by atoms with Crippen molar-refractivity contribution in [3.63, 3.8) is 0 Å². The van der Waals surface area contributed by atoms with Gasteiger partial charge in [-0.25, -0.2) is 4.79 Å². The Morgan fingerprint density at radius 2 is 1.79 bits per heavy atom. The Labute approximate surface area is 142 Å². The van der Waals surface area contributed by atoms with E-state index in [1.807, 2.05) is 48.5 Å². The summed E-state index contributed by atoms with van der Waals surface area (Å²) >= 11 is 6.05. The Hall–Kier alpha value is -2.78. The number of ether oxygens (including phenoxy) is 1. The Balaban J connectivity index is 1.98. The van der Waals surface area contributed by atoms with Gasteiger partial charge in [-0.1, -0.05) is 41.9 Å². The van der Waals surface area contributed by atoms with Crippen molar-refractivity contribution in [1.82, 2.24) is 4.98 Å². The zero-order valence-corrected chi connectivity index (χ0v) is 13.4. The van der Waals surface area contributed by atoms with Crippen LogP contribution in [0.5, 0.6) is 0 Å². The van der Waals surface area contributed by atoms with Gasteiger partial charge < -0.3 is 9.72 Å². The van der Waals surface area contributed by atoms with Crippen LogP contribution in [0.2, 0.25) is 5.02 Å². The molecule has 1 aromatic heterocycles. The van der Waals surface area contributed by atoms with Crippen molar-refractivity contribution in [3.8, 4) is 11.1 Å². The summed E-state index contributed by atoms with van der Waals surface area (Å²) in [6.45, 7) is 0.307. The maximum Gasteiger partial charge on any atom is 0.338 e. The van der Waals surface area contributed by atoms with Gasteiger partial charge in [0.05, 0.1) is 5.56 Å². The molecule has 0 spiro atoms. The maximum atomic E-state index is 12.1. The number of nitrogens with one attached hydrogen (secondary N) is 1. The molecule has 1 N–H and O–H groups in total. The zero-order valence-electron chi connectivity index (χ0n) is 12.6. The number of fused-ring (bicyclic) bond motifs is 4. The average molecular weight is 334 g/mol. The molecule has 1 aliphatic heterocycles. The van der Waals surface area contributed by atoms with E-state index >= 15 is 0 Å². The van der Waals surface area contributed by atoms with Gasteiger partial charge in [-0.05, 0) is 35.4 Å². The number of carbonyl (C=O) groups is 1. The molecule has 2 heterocycles. The van der Waals surface area contributed by atoms with E-state index in [0.29, 0.717) is 17.2 Å². The van der Waals surface area contributed by atoms with Crippen LogP contribution in [-0.4, -0.2) is 11.0 Å². The molecule has 4 aromatic rings. The van der Waals surface area contributed by atoms with E-state index in [0.717, 1.165) is 38.5 Å². The molecule has 0 bridgehead atoms. The molecular formula is C20H12ClNO2. The number of H-pyrrole nitrogens is 1. The number of esters is 1. The van der Waals surface area contributed by atoms with Gasteiger partial charge >= 0.3 is 5.97 Å². The van der Waals surface area contributed by atoms with E-state index in [1.165, 1.54) is 0 Å². The second-order valence-electron chi connectivity index (χ2n) is 5.95. The standard InChI is InChI=1S/C20H12ClNO2/c21-12-7-5-11(6-8-12)18-15-10-24-20(23)14(15)9-17-19(18)13-3-1-2-4-16(13)22-17/h1-9,22H,10H2. The molecule has 3 nitrogen and oxygen atoms in total. The number of aromatic nitrogens is 1. The molecule has 0 aliphatic carbocycles. The van der Waals surface area contributed by atoms with Crippen molar-refractivity contribution in [1.29, 1.82) is 0 Å². The van der Waals surface area contributed by atoms with Crippen molar-refractivity contribution >= 4 is 39.4 Å². The van der Waals surface area contributed by atoms with Gasteiger partial charge in [0.25, 0.3) is 0 Å². The summed E-state index contributed by atoms with van der Waals surface area (Å²) in [5, 5.41) is 2.94. The van der Waals surface area contributed by atoms with E-state index in [4.69, 9.17) is 16.3 Å². The molecular weight excluding hydrogens is 322 g/mol. The SMILES string of the molecule is O=C1OCc2c1cc1[nH]c3ccccc3c1c2-c1ccc(Cl)cc1. The van der Waals surface area contributed by atoms with Crippen LogP contribution < -0.4 is 0 Å². The number of hydrogen-bond acceptors (Lipinski definition) is 2. The largest absolute Gasteiger partial charge is 0.457 e. The second-order valence-corrected chi connectivity index (χ2v) is 6.39. The molecule has 0 amide bonds. The molecule has 5 rings (SSSR count). The van der Waals surface area contributed by atoms with Gasteiger partial charge in [-0.15, -0.1) is 0 Å². The van der Waals surface area contributed by atoms with Gasteiger partial charge in [0, 0.05) is 32.4 Å². The summed E-state index contributed by atoms with van der Waals surface area (Å²) in [6, 6.07) is 17.8. The number of rotatable bonds is 1. The summed E-state index contributed by atoms with van der Waals surface area (Å²) in [7, 11) is 0. The van der Waals surface area contributed by atoms with Gasteiger partial charge in [0.15, 0.2) is 0 Å². The lowest BCUT2D eigenvalue weighted by molar-refractivity contribution is 0.0535. The van der Waals surface area contributed by atoms with Crippen LogP contribution in [0.4, 0.5) is 0 Å². The molecule has 3 aromatic carbocycles. The average Bonchev–Trinajstić information content (AvgIpc) is 3.15. The van der Waals surface area contributed by atoms with Crippen LogP contribution in [0.15, 0.2) is 54.6 Å². The molecule has 0 saturated heterocycles. The molecule has 0 radical (unpaired) electrons. The lowest BCUT2D eigenvalue weighted by atomic mass is 9.92. The summed E-state index contributed by atoms with van der Waals surface area (Å²) in [5.74, 6) is -0.263. The Bertz CT molecular complexity index is 1130. The first kappa shape index (κ1) is 13.6. The molecule has 0 atom stereocenters. The summed E-state index contributed by atoms with van der Waals surface area (Å²) in [4.78, 5) is 15.5. The topological polar surface area (TPSA) is 42.1 Å². The van der Waals surface area contributed by atoms with Crippen molar-refractivity contribution < 1.29 is 9.53 Å². The number of hydrogen-bond donors (Lipinski definition) is 1. The minimum Gasteiger partial charge on any atom is -0.457 e. The third-order valence-corrected chi connectivity index (χ3v) is 4.85. The number of para-hydroxylation sites is 1. The van der Waals surface area contributed by atoms with E-state index in [2.05, 4.69) is 11.1 Å². The van der Waals surface area contributed by atoms with Gasteiger partial charge in [0.1, 0.15) is 6.61 Å². The molecule has 4 heteroatoms. The van der Waals surface area contributed by atoms with Gasteiger partial charge in [-0.2, -0.15) is 0 Å². The highest BCUT2D eigenvalue weighted by molar-refractivity contribution is 6.30. The normalized spacial score (nSPS) is 13.5. The molecule has 116 valence electrons. The van der Waals surface area contributed by atoms with Crippen LogP contribution in [-0.2, 0) is 11.3 Å². The van der Waals surface area contributed by atoms with E-state index in [9.17, 15) is 4.79 Å². The number of cyclic esters (lactones) is 1. The third-order valence-electron chi connectivity index (χ3n) is 4.60. The van der Waals surface area contributed by atoms with Crippen LogP contribution in [0.1, 0.15) is 15.9 Å². The van der Waals surface area contributed by atoms with Crippen molar-refractivity contribution in [2.75, 3.05) is 0 Å². The fraction of sp³-hybridized carbons (Fsp3) is 0.0500. The Kier molecular flexibility index (Phi) is 2.76. The number of halogens is 1. The first-order valence-electron chi connectivity index (χ1n) is 7.72. The van der Waals surface area contributed by atoms with Crippen LogP contribution in [0, 0.1) is 0 Å². The number of carbonyl (C=O) groups excluding carboxylic acids is 1. The molecule has 0 unspecified atom stereocenters. The fourth-order valence-corrected chi connectivity index (χ4v) is 3.67. The maximum absolute atomic E-state index is 12.1. The van der Waals surface area contributed by atoms with E-state index in [-0.39, 0.29) is 5.97 Å². The fourth-order valence-electron chi connectivity index (χ4n) is 3.54. The quantitative estimate of drug-likeness (QED) is 0.479. The smallest absolute Gasteiger partial charge is 0.338 e. The van der Waals surface area contributed by atoms with Gasteiger partial charge in [-0.3, -0.25) is 0 Å². The Morgan fingerprint density at radius 1 is 1.00 bits per heavy atom. The second kappa shape index (κ2) is 4.86. The van der Waals surface area contributed by atoms with Gasteiger partial charge in [0.2, 0.25) is 0 Å². The van der Waals surface area contributed by atoms with Crippen molar-refractivity contribution in [3.05, 3.63) is 70.7 Å². The number of benzene rings is 3. The summed E-state index contributed by atoms with van der Waals surface area (Å²) < 4.78 is 5.28. The number of aromatic amines is 1. The minimum absolute atomic E-state index is 0.263. The molecule has 0 saturated carbocycles. The predicted molar refractivity (Wildman–Crippen MR) is 95.4 cm³/mol. The monoisotopic (exact) mass is 333 g/mol. The molecule has 24 heavy (non-hydrogen) atoms. The highest BCUT2D eigenvalue weighted by Crippen LogP contribution is 2.41. The first-order chi connectivity index (χ1) is 11.7. The Morgan fingerprint density at radius 3 is 2.62 bits per heavy atom. The van der Waals surface area contributed by atoms with Crippen LogP contribution in [0.3, 0.4) is 0 Å². The van der Waals surface area contributed by atoms with E-state index in [1.54, 1.807) is 0 Å². The minimum atomic E-state index is -0.263. The lowest BCUT2D eigenvalue weighted by Gasteiger charge is -2.10. The third kappa shape index (κ3) is 1.82. The highest BCUT2D eigenvalue weighted by atomic mass is 35.5. The van der Waals surface area contributed by atoms with Crippen LogP contribution >= 0.6 is 11.6 Å². The zero-order chi connectivity index (χ0) is 16.3. The predicted octanol–water partition coefficient (Wildman–Crippen LogP) is 5.31. The summed E-state index contributed by atoms with van der Waals surface area (Å²) in [6.07, 6.45) is 0. The first-order valence-corrected chi connectivity index (χ1v) is 8.09.